The second kappa shape index (κ2) is 9.44. The molecule has 6 heteroatoms. The Morgan fingerprint density at radius 1 is 1.20 bits per heavy atom. The molecule has 2 aromatic rings. The number of halogens is 1. The van der Waals surface area contributed by atoms with Crippen molar-refractivity contribution in [1.29, 1.82) is 0 Å². The number of carbonyl (C=O) groups is 1. The fourth-order valence-electron chi connectivity index (χ4n) is 2.38. The summed E-state index contributed by atoms with van der Waals surface area (Å²) in [5, 5.41) is 12.3. The molecular weight excluding hydrogens is 386 g/mol. The van der Waals surface area contributed by atoms with Gasteiger partial charge in [-0.2, -0.15) is 0 Å². The van der Waals surface area contributed by atoms with Crippen molar-refractivity contribution >= 4 is 21.9 Å². The van der Waals surface area contributed by atoms with E-state index in [1.54, 1.807) is 19.2 Å². The Morgan fingerprint density at radius 2 is 1.92 bits per heavy atom. The largest absolute Gasteiger partial charge is 0.493 e. The minimum Gasteiger partial charge on any atom is -0.493 e. The van der Waals surface area contributed by atoms with Crippen molar-refractivity contribution in [3.8, 4) is 11.5 Å². The van der Waals surface area contributed by atoms with Crippen molar-refractivity contribution in [3.05, 3.63) is 57.6 Å². The lowest BCUT2D eigenvalue weighted by Crippen LogP contribution is -2.14. The summed E-state index contributed by atoms with van der Waals surface area (Å²) < 4.78 is 12.2. The lowest BCUT2D eigenvalue weighted by Gasteiger charge is -2.16. The Labute approximate surface area is 156 Å². The number of rotatable bonds is 9. The standard InChI is InChI=1S/C19H22BrNO4/c1-3-8-25-18-15(9-16(20)10-17(18)24-2)12-21-11-13-4-6-14(7-5-13)19(22)23/h4-7,9-10,21H,3,8,11-12H2,1-2H3,(H,22,23). The van der Waals surface area contributed by atoms with E-state index in [2.05, 4.69) is 28.2 Å². The average Bonchev–Trinajstić information content (AvgIpc) is 2.60. The minimum absolute atomic E-state index is 0.288. The van der Waals surface area contributed by atoms with Crippen LogP contribution in [0.15, 0.2) is 40.9 Å². The normalized spacial score (nSPS) is 10.5. The Balaban J connectivity index is 2.06. The van der Waals surface area contributed by atoms with E-state index < -0.39 is 5.97 Å². The van der Waals surface area contributed by atoms with Gasteiger partial charge in [-0.25, -0.2) is 4.79 Å². The first kappa shape index (κ1) is 19.3. The van der Waals surface area contributed by atoms with Crippen LogP contribution in [0.25, 0.3) is 0 Å². The first-order valence-corrected chi connectivity index (χ1v) is 8.86. The maximum Gasteiger partial charge on any atom is 0.335 e. The molecule has 0 heterocycles. The molecule has 2 rings (SSSR count). The van der Waals surface area contributed by atoms with Crippen molar-refractivity contribution in [2.75, 3.05) is 13.7 Å². The van der Waals surface area contributed by atoms with Gasteiger partial charge in [-0.05, 0) is 36.2 Å². The average molecular weight is 408 g/mol. The van der Waals surface area contributed by atoms with Crippen LogP contribution in [0.1, 0.15) is 34.8 Å². The number of hydrogen-bond donors (Lipinski definition) is 2. The fourth-order valence-corrected chi connectivity index (χ4v) is 2.86. The lowest BCUT2D eigenvalue weighted by molar-refractivity contribution is 0.0697. The fraction of sp³-hybridized carbons (Fsp3) is 0.316. The second-order valence-corrected chi connectivity index (χ2v) is 6.47. The van der Waals surface area contributed by atoms with Crippen LogP contribution in [0, 0.1) is 0 Å². The van der Waals surface area contributed by atoms with Crippen LogP contribution < -0.4 is 14.8 Å². The van der Waals surface area contributed by atoms with Gasteiger partial charge in [0.25, 0.3) is 0 Å². The molecule has 0 bridgehead atoms. The molecule has 0 unspecified atom stereocenters. The third-order valence-electron chi connectivity index (χ3n) is 3.61. The molecular formula is C19H22BrNO4. The first-order valence-electron chi connectivity index (χ1n) is 8.07. The van der Waals surface area contributed by atoms with E-state index in [0.29, 0.717) is 25.4 Å². The highest BCUT2D eigenvalue weighted by Gasteiger charge is 2.12. The highest BCUT2D eigenvalue weighted by Crippen LogP contribution is 2.35. The SMILES string of the molecule is CCCOc1c(CNCc2ccc(C(=O)O)cc2)cc(Br)cc1OC. The van der Waals surface area contributed by atoms with Crippen LogP contribution >= 0.6 is 15.9 Å². The van der Waals surface area contributed by atoms with E-state index in [1.165, 1.54) is 0 Å². The van der Waals surface area contributed by atoms with Crippen molar-refractivity contribution < 1.29 is 19.4 Å². The maximum absolute atomic E-state index is 10.9. The molecule has 0 fully saturated rings. The molecule has 2 N–H and O–H groups in total. The molecule has 0 atom stereocenters. The van der Waals surface area contributed by atoms with Crippen LogP contribution in [0.5, 0.6) is 11.5 Å². The first-order chi connectivity index (χ1) is 12.0. The molecule has 5 nitrogen and oxygen atoms in total. The van der Waals surface area contributed by atoms with Crippen molar-refractivity contribution in [2.24, 2.45) is 0 Å². The monoisotopic (exact) mass is 407 g/mol. The van der Waals surface area contributed by atoms with Crippen molar-refractivity contribution in [1.82, 2.24) is 5.32 Å². The zero-order chi connectivity index (χ0) is 18.2. The summed E-state index contributed by atoms with van der Waals surface area (Å²) >= 11 is 3.50. The maximum atomic E-state index is 10.9. The Bertz CT molecular complexity index is 716. The number of carboxylic acid groups (broad SMARTS) is 1. The third kappa shape index (κ3) is 5.47. The van der Waals surface area contributed by atoms with E-state index in [1.807, 2.05) is 24.3 Å². The van der Waals surface area contributed by atoms with E-state index in [0.717, 1.165) is 27.8 Å². The van der Waals surface area contributed by atoms with Crippen LogP contribution in [0.2, 0.25) is 0 Å². The van der Waals surface area contributed by atoms with Gasteiger partial charge in [-0.3, -0.25) is 0 Å². The zero-order valence-electron chi connectivity index (χ0n) is 14.3. The predicted molar refractivity (Wildman–Crippen MR) is 100 cm³/mol. The lowest BCUT2D eigenvalue weighted by atomic mass is 10.1. The van der Waals surface area contributed by atoms with Gasteiger partial charge in [0.1, 0.15) is 0 Å². The topological polar surface area (TPSA) is 67.8 Å². The molecule has 0 saturated heterocycles. The van der Waals surface area contributed by atoms with Crippen LogP contribution in [0.4, 0.5) is 0 Å². The number of benzene rings is 2. The van der Waals surface area contributed by atoms with Crippen molar-refractivity contribution in [2.45, 2.75) is 26.4 Å². The summed E-state index contributed by atoms with van der Waals surface area (Å²) in [5.41, 5.74) is 2.31. The van der Waals surface area contributed by atoms with Crippen LogP contribution in [-0.2, 0) is 13.1 Å². The molecule has 0 radical (unpaired) electrons. The highest BCUT2D eigenvalue weighted by molar-refractivity contribution is 9.10. The zero-order valence-corrected chi connectivity index (χ0v) is 15.9. The Hall–Kier alpha value is -2.05. The Kier molecular flexibility index (Phi) is 7.28. The number of ether oxygens (including phenoxy) is 2. The summed E-state index contributed by atoms with van der Waals surface area (Å²) in [5.74, 6) is 0.533. The van der Waals surface area contributed by atoms with Gasteiger partial charge in [-0.15, -0.1) is 0 Å². The van der Waals surface area contributed by atoms with Gasteiger partial charge in [0.2, 0.25) is 0 Å². The summed E-state index contributed by atoms with van der Waals surface area (Å²) in [4.78, 5) is 10.9. The molecule has 2 aromatic carbocycles. The molecule has 0 aliphatic heterocycles. The molecule has 0 saturated carbocycles. The quantitative estimate of drug-likeness (QED) is 0.650. The molecule has 25 heavy (non-hydrogen) atoms. The molecule has 134 valence electrons. The number of aromatic carboxylic acids is 1. The van der Waals surface area contributed by atoms with Crippen LogP contribution in [-0.4, -0.2) is 24.8 Å². The van der Waals surface area contributed by atoms with Gasteiger partial charge in [0.05, 0.1) is 19.3 Å². The van der Waals surface area contributed by atoms with E-state index >= 15 is 0 Å². The molecule has 0 aliphatic carbocycles. The van der Waals surface area contributed by atoms with E-state index in [-0.39, 0.29) is 5.56 Å². The Morgan fingerprint density at radius 3 is 2.52 bits per heavy atom. The minimum atomic E-state index is -0.918. The van der Waals surface area contributed by atoms with E-state index in [9.17, 15) is 4.79 Å². The third-order valence-corrected chi connectivity index (χ3v) is 4.07. The van der Waals surface area contributed by atoms with Gasteiger partial charge in [0.15, 0.2) is 11.5 Å². The number of hydrogen-bond acceptors (Lipinski definition) is 4. The van der Waals surface area contributed by atoms with E-state index in [4.69, 9.17) is 14.6 Å². The second-order valence-electron chi connectivity index (χ2n) is 5.55. The van der Waals surface area contributed by atoms with Gasteiger partial charge in [-0.1, -0.05) is 35.0 Å². The van der Waals surface area contributed by atoms with Gasteiger partial charge in [0, 0.05) is 23.1 Å². The number of carboxylic acids is 1. The smallest absolute Gasteiger partial charge is 0.335 e. The highest BCUT2D eigenvalue weighted by atomic mass is 79.9. The summed E-state index contributed by atoms with van der Waals surface area (Å²) in [6.07, 6.45) is 0.919. The molecule has 0 amide bonds. The van der Waals surface area contributed by atoms with Gasteiger partial charge >= 0.3 is 5.97 Å². The molecule has 0 aliphatic rings. The number of methoxy groups -OCH3 is 1. The van der Waals surface area contributed by atoms with Crippen LogP contribution in [0.3, 0.4) is 0 Å². The van der Waals surface area contributed by atoms with Gasteiger partial charge < -0.3 is 19.9 Å². The predicted octanol–water partition coefficient (Wildman–Crippen LogP) is 4.23. The van der Waals surface area contributed by atoms with Crippen molar-refractivity contribution in [3.63, 3.8) is 0 Å². The summed E-state index contributed by atoms with van der Waals surface area (Å²) in [6.45, 7) is 3.92. The number of nitrogens with one attached hydrogen (secondary N) is 1. The summed E-state index contributed by atoms with van der Waals surface area (Å²) in [6, 6.07) is 10.7. The summed E-state index contributed by atoms with van der Waals surface area (Å²) in [7, 11) is 1.63. The molecule has 0 spiro atoms. The molecule has 0 aromatic heterocycles.